The number of nitriles is 1. The lowest BCUT2D eigenvalue weighted by molar-refractivity contribution is 0.536. The maximum atomic E-state index is 9.22. The average molecular weight is 302 g/mol. The Morgan fingerprint density at radius 2 is 2.17 bits per heavy atom. The van der Waals surface area contributed by atoms with Gasteiger partial charge in [0.05, 0.1) is 11.3 Å². The van der Waals surface area contributed by atoms with Crippen molar-refractivity contribution in [1.29, 1.82) is 5.26 Å². The summed E-state index contributed by atoms with van der Waals surface area (Å²) < 4.78 is 3.23. The van der Waals surface area contributed by atoms with E-state index in [1.165, 1.54) is 18.5 Å². The van der Waals surface area contributed by atoms with Gasteiger partial charge in [-0.15, -0.1) is 0 Å². The predicted octanol–water partition coefficient (Wildman–Crippen LogP) is 3.52. The van der Waals surface area contributed by atoms with Crippen LogP contribution in [0.5, 0.6) is 0 Å². The summed E-state index contributed by atoms with van der Waals surface area (Å²) in [6, 6.07) is 6.34. The molecule has 90 valence electrons. The van der Waals surface area contributed by atoms with Crippen LogP contribution in [0.3, 0.4) is 0 Å². The molecule has 3 heterocycles. The molecule has 0 N–H and O–H groups in total. The van der Waals surface area contributed by atoms with Gasteiger partial charge in [0.2, 0.25) is 0 Å². The fourth-order valence-electron chi connectivity index (χ4n) is 2.56. The van der Waals surface area contributed by atoms with E-state index in [9.17, 15) is 5.26 Å². The van der Waals surface area contributed by atoms with Crippen LogP contribution in [-0.2, 0) is 13.0 Å². The van der Waals surface area contributed by atoms with Gasteiger partial charge in [-0.05, 0) is 47.3 Å². The molecular formula is C14H12BrN3. The zero-order valence-corrected chi connectivity index (χ0v) is 11.4. The molecule has 0 spiro atoms. The van der Waals surface area contributed by atoms with Crippen LogP contribution >= 0.6 is 15.9 Å². The molecule has 0 saturated carbocycles. The van der Waals surface area contributed by atoms with Crippen molar-refractivity contribution >= 4 is 15.9 Å². The molecule has 18 heavy (non-hydrogen) atoms. The van der Waals surface area contributed by atoms with Crippen LogP contribution in [0.4, 0.5) is 0 Å². The summed E-state index contributed by atoms with van der Waals surface area (Å²) >= 11 is 3.44. The fraction of sp³-hybridized carbons (Fsp3) is 0.286. The number of aromatic nitrogens is 2. The van der Waals surface area contributed by atoms with Crippen LogP contribution in [0.2, 0.25) is 0 Å². The first-order chi connectivity index (χ1) is 8.79. The number of hydrogen-bond acceptors (Lipinski definition) is 2. The van der Waals surface area contributed by atoms with Gasteiger partial charge in [-0.3, -0.25) is 4.98 Å². The summed E-state index contributed by atoms with van der Waals surface area (Å²) in [7, 11) is 0. The molecule has 0 radical (unpaired) electrons. The standard InChI is InChI=1S/C14H12BrN3/c15-12-5-11(8-17-9-12)14-6-10(7-16)13-3-1-2-4-18(13)14/h5-6,8-9H,1-4H2. The largest absolute Gasteiger partial charge is 0.343 e. The van der Waals surface area contributed by atoms with E-state index in [2.05, 4.69) is 31.6 Å². The smallest absolute Gasteiger partial charge is 0.101 e. The molecule has 0 amide bonds. The van der Waals surface area contributed by atoms with E-state index in [0.29, 0.717) is 0 Å². The number of pyridine rings is 1. The van der Waals surface area contributed by atoms with Crippen molar-refractivity contribution < 1.29 is 0 Å². The second-order valence-electron chi connectivity index (χ2n) is 4.50. The Kier molecular flexibility index (Phi) is 2.92. The van der Waals surface area contributed by atoms with E-state index in [1.807, 2.05) is 18.3 Å². The lowest BCUT2D eigenvalue weighted by Crippen LogP contribution is -2.11. The van der Waals surface area contributed by atoms with Crippen LogP contribution in [0.1, 0.15) is 24.1 Å². The van der Waals surface area contributed by atoms with Crippen LogP contribution in [0.25, 0.3) is 11.3 Å². The van der Waals surface area contributed by atoms with Crippen molar-refractivity contribution in [3.63, 3.8) is 0 Å². The molecule has 3 nitrogen and oxygen atoms in total. The molecule has 3 rings (SSSR count). The van der Waals surface area contributed by atoms with E-state index >= 15 is 0 Å². The molecule has 1 aliphatic heterocycles. The highest BCUT2D eigenvalue weighted by Crippen LogP contribution is 2.30. The highest BCUT2D eigenvalue weighted by atomic mass is 79.9. The molecule has 0 saturated heterocycles. The van der Waals surface area contributed by atoms with Crippen molar-refractivity contribution in [2.75, 3.05) is 0 Å². The molecule has 2 aromatic rings. The molecule has 4 heteroatoms. The molecular weight excluding hydrogens is 290 g/mol. The SMILES string of the molecule is N#Cc1cc(-c2cncc(Br)c2)n2c1CCCC2. The van der Waals surface area contributed by atoms with Gasteiger partial charge in [0.15, 0.2) is 0 Å². The third-order valence-corrected chi connectivity index (χ3v) is 3.81. The molecule has 0 unspecified atom stereocenters. The number of rotatable bonds is 1. The van der Waals surface area contributed by atoms with Gasteiger partial charge in [0.1, 0.15) is 6.07 Å². The minimum absolute atomic E-state index is 0.810. The molecule has 0 atom stereocenters. The first-order valence-corrected chi connectivity index (χ1v) is 6.82. The Balaban J connectivity index is 2.18. The first-order valence-electron chi connectivity index (χ1n) is 6.03. The lowest BCUT2D eigenvalue weighted by atomic mass is 10.1. The first kappa shape index (κ1) is 11.5. The number of fused-ring (bicyclic) bond motifs is 1. The third-order valence-electron chi connectivity index (χ3n) is 3.37. The molecule has 0 fully saturated rings. The van der Waals surface area contributed by atoms with E-state index in [4.69, 9.17) is 0 Å². The number of hydrogen-bond donors (Lipinski definition) is 0. The van der Waals surface area contributed by atoms with Crippen LogP contribution < -0.4 is 0 Å². The Bertz CT molecular complexity index is 637. The summed E-state index contributed by atoms with van der Waals surface area (Å²) in [5.74, 6) is 0. The Labute approximate surface area is 114 Å². The van der Waals surface area contributed by atoms with Gasteiger partial charge < -0.3 is 4.57 Å². The zero-order valence-electron chi connectivity index (χ0n) is 9.86. The molecule has 1 aliphatic rings. The van der Waals surface area contributed by atoms with Crippen molar-refractivity contribution in [3.05, 3.63) is 40.3 Å². The second kappa shape index (κ2) is 4.58. The minimum atomic E-state index is 0.810. The third kappa shape index (κ3) is 1.85. The van der Waals surface area contributed by atoms with E-state index in [-0.39, 0.29) is 0 Å². The number of halogens is 1. The summed E-state index contributed by atoms with van der Waals surface area (Å²) in [5, 5.41) is 9.22. The maximum absolute atomic E-state index is 9.22. The average Bonchev–Trinajstić information content (AvgIpc) is 2.77. The highest BCUT2D eigenvalue weighted by Gasteiger charge is 2.19. The van der Waals surface area contributed by atoms with Crippen molar-refractivity contribution in [1.82, 2.24) is 9.55 Å². The molecule has 2 aromatic heterocycles. The van der Waals surface area contributed by atoms with Crippen molar-refractivity contribution in [3.8, 4) is 17.3 Å². The molecule has 0 aliphatic carbocycles. The van der Waals surface area contributed by atoms with Crippen LogP contribution in [-0.4, -0.2) is 9.55 Å². The van der Waals surface area contributed by atoms with Crippen molar-refractivity contribution in [2.45, 2.75) is 25.8 Å². The van der Waals surface area contributed by atoms with E-state index in [1.54, 1.807) is 6.20 Å². The molecule has 0 bridgehead atoms. The van der Waals surface area contributed by atoms with E-state index < -0.39 is 0 Å². The van der Waals surface area contributed by atoms with Gasteiger partial charge in [0, 0.05) is 34.7 Å². The van der Waals surface area contributed by atoms with E-state index in [0.717, 1.165) is 34.3 Å². The van der Waals surface area contributed by atoms with Gasteiger partial charge in [-0.1, -0.05) is 0 Å². The summed E-state index contributed by atoms with van der Waals surface area (Å²) in [5.41, 5.74) is 4.16. The van der Waals surface area contributed by atoms with Gasteiger partial charge in [-0.2, -0.15) is 5.26 Å². The monoisotopic (exact) mass is 301 g/mol. The predicted molar refractivity (Wildman–Crippen MR) is 73.0 cm³/mol. The lowest BCUT2D eigenvalue weighted by Gasteiger charge is -2.18. The topological polar surface area (TPSA) is 41.6 Å². The fourth-order valence-corrected chi connectivity index (χ4v) is 2.93. The molecule has 0 aromatic carbocycles. The second-order valence-corrected chi connectivity index (χ2v) is 5.42. The normalized spacial score (nSPS) is 14.0. The number of nitrogens with zero attached hydrogens (tertiary/aromatic N) is 3. The Morgan fingerprint density at radius 1 is 1.28 bits per heavy atom. The van der Waals surface area contributed by atoms with Crippen LogP contribution in [0.15, 0.2) is 29.0 Å². The summed E-state index contributed by atoms with van der Waals surface area (Å²) in [6.07, 6.45) is 6.98. The van der Waals surface area contributed by atoms with Gasteiger partial charge in [-0.25, -0.2) is 0 Å². The highest BCUT2D eigenvalue weighted by molar-refractivity contribution is 9.10. The van der Waals surface area contributed by atoms with Gasteiger partial charge in [0.25, 0.3) is 0 Å². The quantitative estimate of drug-likeness (QED) is 0.808. The summed E-state index contributed by atoms with van der Waals surface area (Å²) in [6.45, 7) is 0.999. The Hall–Kier alpha value is -1.60. The van der Waals surface area contributed by atoms with Gasteiger partial charge >= 0.3 is 0 Å². The minimum Gasteiger partial charge on any atom is -0.343 e. The zero-order chi connectivity index (χ0) is 12.5. The Morgan fingerprint density at radius 3 is 2.94 bits per heavy atom. The van der Waals surface area contributed by atoms with Crippen molar-refractivity contribution in [2.24, 2.45) is 0 Å². The van der Waals surface area contributed by atoms with Crippen LogP contribution in [0, 0.1) is 11.3 Å². The summed E-state index contributed by atoms with van der Waals surface area (Å²) in [4.78, 5) is 4.20. The maximum Gasteiger partial charge on any atom is 0.101 e.